The van der Waals surface area contributed by atoms with Crippen molar-refractivity contribution < 1.29 is 14.3 Å². The number of imidazole rings is 1. The quantitative estimate of drug-likeness (QED) is 0.502. The van der Waals surface area contributed by atoms with Crippen LogP contribution in [0.15, 0.2) is 41.6 Å². The lowest BCUT2D eigenvalue weighted by atomic mass is 10.2. The van der Waals surface area contributed by atoms with Crippen LogP contribution < -0.4 is 14.8 Å². The second-order valence-corrected chi connectivity index (χ2v) is 7.58. The lowest BCUT2D eigenvalue weighted by molar-refractivity contribution is -0.118. The summed E-state index contributed by atoms with van der Waals surface area (Å²) in [6.45, 7) is 5.60. The average molecular weight is 434 g/mol. The molecule has 0 bridgehead atoms. The molecule has 0 aliphatic heterocycles. The first-order valence-electron chi connectivity index (χ1n) is 9.41. The van der Waals surface area contributed by atoms with E-state index in [2.05, 4.69) is 21.8 Å². The monoisotopic (exact) mass is 433 g/mol. The number of halogens is 1. The number of hydrogen-bond acceptors (Lipinski definition) is 5. The van der Waals surface area contributed by atoms with Gasteiger partial charge in [-0.25, -0.2) is 4.98 Å². The minimum atomic E-state index is -0.0753. The highest BCUT2D eigenvalue weighted by molar-refractivity contribution is 7.99. The molecule has 29 heavy (non-hydrogen) atoms. The van der Waals surface area contributed by atoms with Crippen molar-refractivity contribution in [2.45, 2.75) is 32.1 Å². The molecule has 1 amide bonds. The summed E-state index contributed by atoms with van der Waals surface area (Å²) in [5.41, 5.74) is 2.86. The van der Waals surface area contributed by atoms with Gasteiger partial charge in [-0.1, -0.05) is 35.5 Å². The molecule has 1 heterocycles. The van der Waals surface area contributed by atoms with Crippen molar-refractivity contribution in [2.24, 2.45) is 0 Å². The molecule has 0 spiro atoms. The molecule has 0 saturated carbocycles. The van der Waals surface area contributed by atoms with E-state index < -0.39 is 0 Å². The lowest BCUT2D eigenvalue weighted by Crippen LogP contribution is -2.24. The van der Waals surface area contributed by atoms with Crippen LogP contribution in [0.5, 0.6) is 11.5 Å². The summed E-state index contributed by atoms with van der Waals surface area (Å²) in [6.07, 6.45) is 0. The van der Waals surface area contributed by atoms with Crippen molar-refractivity contribution in [3.05, 3.63) is 47.0 Å². The normalized spacial score (nSPS) is 10.9. The minimum Gasteiger partial charge on any atom is -0.493 e. The lowest BCUT2D eigenvalue weighted by Gasteiger charge is -2.13. The third kappa shape index (κ3) is 4.97. The van der Waals surface area contributed by atoms with Gasteiger partial charge in [0.05, 0.1) is 35.5 Å². The standard InChI is InChI=1S/C21H24ClN3O3S/c1-4-25-17-9-7-6-8-16(17)24-21(25)29-13-19(26)23-12-14-10-15(22)20(28-5-2)18(11-14)27-3/h6-11H,4-5,12-13H2,1-3H3,(H,23,26). The average Bonchev–Trinajstić information content (AvgIpc) is 3.09. The maximum atomic E-state index is 12.4. The SMILES string of the molecule is CCOc1c(Cl)cc(CNC(=O)CSc2nc3ccccc3n2CC)cc1OC. The largest absolute Gasteiger partial charge is 0.493 e. The third-order valence-corrected chi connectivity index (χ3v) is 5.59. The van der Waals surface area contributed by atoms with Crippen molar-refractivity contribution >= 4 is 40.3 Å². The number of benzene rings is 2. The highest BCUT2D eigenvalue weighted by atomic mass is 35.5. The molecule has 1 N–H and O–H groups in total. The van der Waals surface area contributed by atoms with Crippen LogP contribution in [0, 0.1) is 0 Å². The fourth-order valence-electron chi connectivity index (χ4n) is 3.01. The van der Waals surface area contributed by atoms with E-state index in [0.29, 0.717) is 29.7 Å². The van der Waals surface area contributed by atoms with Crippen LogP contribution in [-0.4, -0.2) is 34.9 Å². The minimum absolute atomic E-state index is 0.0753. The number of methoxy groups -OCH3 is 1. The highest BCUT2D eigenvalue weighted by Crippen LogP contribution is 2.36. The van der Waals surface area contributed by atoms with E-state index >= 15 is 0 Å². The second kappa shape index (κ2) is 9.89. The van der Waals surface area contributed by atoms with Gasteiger partial charge in [-0.15, -0.1) is 0 Å². The van der Waals surface area contributed by atoms with Crippen LogP contribution in [0.1, 0.15) is 19.4 Å². The Hall–Kier alpha value is -2.38. The van der Waals surface area contributed by atoms with E-state index in [1.807, 2.05) is 37.3 Å². The number of ether oxygens (including phenoxy) is 2. The van der Waals surface area contributed by atoms with Crippen molar-refractivity contribution in [3.8, 4) is 11.5 Å². The molecular formula is C21H24ClN3O3S. The molecule has 6 nitrogen and oxygen atoms in total. The second-order valence-electron chi connectivity index (χ2n) is 6.23. The van der Waals surface area contributed by atoms with Crippen molar-refractivity contribution in [1.29, 1.82) is 0 Å². The summed E-state index contributed by atoms with van der Waals surface area (Å²) in [5, 5.41) is 4.22. The van der Waals surface area contributed by atoms with Crippen molar-refractivity contribution in [3.63, 3.8) is 0 Å². The highest BCUT2D eigenvalue weighted by Gasteiger charge is 2.14. The van der Waals surface area contributed by atoms with Crippen molar-refractivity contribution in [1.82, 2.24) is 14.9 Å². The Morgan fingerprint density at radius 2 is 2.07 bits per heavy atom. The molecule has 0 aliphatic rings. The number of aryl methyl sites for hydroxylation is 1. The summed E-state index contributed by atoms with van der Waals surface area (Å²) in [6, 6.07) is 11.6. The van der Waals surface area contributed by atoms with Crippen LogP contribution in [-0.2, 0) is 17.9 Å². The molecule has 0 unspecified atom stereocenters. The Morgan fingerprint density at radius 3 is 2.79 bits per heavy atom. The first kappa shape index (κ1) is 21.3. The van der Waals surface area contributed by atoms with Crippen LogP contribution in [0.2, 0.25) is 5.02 Å². The van der Waals surface area contributed by atoms with E-state index in [9.17, 15) is 4.79 Å². The van der Waals surface area contributed by atoms with E-state index in [0.717, 1.165) is 28.3 Å². The number of rotatable bonds is 9. The molecule has 154 valence electrons. The van der Waals surface area contributed by atoms with Gasteiger partial charge in [0.25, 0.3) is 0 Å². The number of hydrogen-bond donors (Lipinski definition) is 1. The molecule has 0 radical (unpaired) electrons. The van der Waals surface area contributed by atoms with Gasteiger partial charge < -0.3 is 19.4 Å². The molecule has 0 saturated heterocycles. The summed E-state index contributed by atoms with van der Waals surface area (Å²) in [4.78, 5) is 17.0. The maximum absolute atomic E-state index is 12.4. The van der Waals surface area contributed by atoms with Crippen LogP contribution in [0.4, 0.5) is 0 Å². The molecule has 0 fully saturated rings. The number of amides is 1. The number of carbonyl (C=O) groups is 1. The number of nitrogens with one attached hydrogen (secondary N) is 1. The zero-order valence-corrected chi connectivity index (χ0v) is 18.3. The predicted octanol–water partition coefficient (Wildman–Crippen LogP) is 4.53. The summed E-state index contributed by atoms with van der Waals surface area (Å²) < 4.78 is 13.0. The maximum Gasteiger partial charge on any atom is 0.230 e. The van der Waals surface area contributed by atoms with Gasteiger partial charge in [0, 0.05) is 13.1 Å². The number of carbonyl (C=O) groups excluding carboxylic acids is 1. The number of nitrogens with zero attached hydrogens (tertiary/aromatic N) is 2. The van der Waals surface area contributed by atoms with Gasteiger partial charge in [0.15, 0.2) is 16.7 Å². The van der Waals surface area contributed by atoms with Crippen LogP contribution in [0.25, 0.3) is 11.0 Å². The van der Waals surface area contributed by atoms with Crippen LogP contribution in [0.3, 0.4) is 0 Å². The third-order valence-electron chi connectivity index (χ3n) is 4.34. The zero-order valence-electron chi connectivity index (χ0n) is 16.7. The molecule has 2 aromatic carbocycles. The number of aromatic nitrogens is 2. The Balaban J connectivity index is 1.61. The van der Waals surface area contributed by atoms with E-state index in [1.165, 1.54) is 11.8 Å². The number of thioether (sulfide) groups is 1. The molecular weight excluding hydrogens is 410 g/mol. The summed E-state index contributed by atoms with van der Waals surface area (Å²) in [5.74, 6) is 1.27. The molecule has 0 atom stereocenters. The van der Waals surface area contributed by atoms with Gasteiger partial charge in [0.2, 0.25) is 5.91 Å². The van der Waals surface area contributed by atoms with Gasteiger partial charge in [-0.3, -0.25) is 4.79 Å². The summed E-state index contributed by atoms with van der Waals surface area (Å²) >= 11 is 7.72. The first-order chi connectivity index (χ1) is 14.1. The zero-order chi connectivity index (χ0) is 20.8. The Kier molecular flexibility index (Phi) is 7.28. The Morgan fingerprint density at radius 1 is 1.28 bits per heavy atom. The number of para-hydroxylation sites is 2. The smallest absolute Gasteiger partial charge is 0.230 e. The number of fused-ring (bicyclic) bond motifs is 1. The molecule has 1 aromatic heterocycles. The topological polar surface area (TPSA) is 65.4 Å². The molecule has 0 aliphatic carbocycles. The summed E-state index contributed by atoms with van der Waals surface area (Å²) in [7, 11) is 1.56. The molecule has 3 rings (SSSR count). The van der Waals surface area contributed by atoms with E-state index in [4.69, 9.17) is 21.1 Å². The van der Waals surface area contributed by atoms with Gasteiger partial charge in [0.1, 0.15) is 0 Å². The van der Waals surface area contributed by atoms with Crippen molar-refractivity contribution in [2.75, 3.05) is 19.5 Å². The van der Waals surface area contributed by atoms with E-state index in [-0.39, 0.29) is 11.7 Å². The van der Waals surface area contributed by atoms with Gasteiger partial charge >= 0.3 is 0 Å². The molecule has 8 heteroatoms. The van der Waals surface area contributed by atoms with Gasteiger partial charge in [-0.2, -0.15) is 0 Å². The first-order valence-corrected chi connectivity index (χ1v) is 10.8. The van der Waals surface area contributed by atoms with Gasteiger partial charge in [-0.05, 0) is 43.7 Å². The molecule has 3 aromatic rings. The fourth-order valence-corrected chi connectivity index (χ4v) is 4.21. The van der Waals surface area contributed by atoms with E-state index in [1.54, 1.807) is 13.2 Å². The Bertz CT molecular complexity index is 1010. The Labute approximate surface area is 179 Å². The predicted molar refractivity (Wildman–Crippen MR) is 117 cm³/mol. The fraction of sp³-hybridized carbons (Fsp3) is 0.333. The van der Waals surface area contributed by atoms with Crippen LogP contribution >= 0.6 is 23.4 Å².